The molecule has 3 rings (SSSR count). The van der Waals surface area contributed by atoms with E-state index in [0.29, 0.717) is 0 Å². The summed E-state index contributed by atoms with van der Waals surface area (Å²) >= 11 is 1.53. The average Bonchev–Trinajstić information content (AvgIpc) is 2.80. The lowest BCUT2D eigenvalue weighted by Crippen LogP contribution is -1.97. The van der Waals surface area contributed by atoms with E-state index in [0.717, 1.165) is 32.6 Å². The number of hydrogen-bond donors (Lipinski definition) is 1. The lowest BCUT2D eigenvalue weighted by molar-refractivity contribution is 0.626. The third-order valence-electron chi connectivity index (χ3n) is 3.12. The molecule has 21 heavy (non-hydrogen) atoms. The Labute approximate surface area is 126 Å². The predicted octanol–water partition coefficient (Wildman–Crippen LogP) is 3.68. The van der Waals surface area contributed by atoms with Gasteiger partial charge >= 0.3 is 0 Å². The van der Waals surface area contributed by atoms with E-state index in [9.17, 15) is 4.39 Å². The van der Waals surface area contributed by atoms with Crippen molar-refractivity contribution in [1.29, 1.82) is 0 Å². The highest BCUT2D eigenvalue weighted by molar-refractivity contribution is 7.99. The van der Waals surface area contributed by atoms with E-state index in [1.807, 2.05) is 31.5 Å². The molecule has 0 atom stereocenters. The molecule has 2 heterocycles. The first-order valence-corrected chi connectivity index (χ1v) is 7.38. The zero-order chi connectivity index (χ0) is 15.0. The van der Waals surface area contributed by atoms with Crippen molar-refractivity contribution in [2.45, 2.75) is 23.6 Å². The van der Waals surface area contributed by atoms with Gasteiger partial charge in [-0.2, -0.15) is 0 Å². The van der Waals surface area contributed by atoms with Crippen LogP contribution in [0.2, 0.25) is 0 Å². The number of aromatic nitrogens is 3. The molecule has 3 aromatic rings. The number of rotatable bonds is 3. The second kappa shape index (κ2) is 5.37. The van der Waals surface area contributed by atoms with E-state index in [2.05, 4.69) is 15.4 Å². The van der Waals surface area contributed by atoms with Crippen molar-refractivity contribution < 1.29 is 4.39 Å². The van der Waals surface area contributed by atoms with Crippen molar-refractivity contribution in [1.82, 2.24) is 14.6 Å². The topological polar surface area (TPSA) is 42.2 Å². The summed E-state index contributed by atoms with van der Waals surface area (Å²) in [7, 11) is 1.83. The summed E-state index contributed by atoms with van der Waals surface area (Å²) in [6, 6.07) is 8.41. The van der Waals surface area contributed by atoms with Crippen molar-refractivity contribution in [3.8, 4) is 0 Å². The van der Waals surface area contributed by atoms with Crippen molar-refractivity contribution in [3.63, 3.8) is 0 Å². The van der Waals surface area contributed by atoms with Gasteiger partial charge in [0.25, 0.3) is 0 Å². The van der Waals surface area contributed by atoms with Crippen LogP contribution in [0.3, 0.4) is 0 Å². The number of nitrogens with one attached hydrogen (secondary N) is 1. The molecule has 108 valence electrons. The third-order valence-corrected chi connectivity index (χ3v) is 4.21. The Morgan fingerprint density at radius 1 is 1.19 bits per heavy atom. The summed E-state index contributed by atoms with van der Waals surface area (Å²) < 4.78 is 14.8. The lowest BCUT2D eigenvalue weighted by atomic mass is 10.3. The van der Waals surface area contributed by atoms with Gasteiger partial charge in [-0.15, -0.1) is 5.10 Å². The second-order valence-electron chi connectivity index (χ2n) is 4.76. The van der Waals surface area contributed by atoms with Crippen LogP contribution in [-0.2, 0) is 0 Å². The van der Waals surface area contributed by atoms with Crippen LogP contribution in [-0.4, -0.2) is 21.6 Å². The highest BCUT2D eigenvalue weighted by Gasteiger charge is 2.16. The SMILES string of the molecule is CNc1nn2c(C)cc(C)nc2c1Sc1ccc(F)cc1. The minimum absolute atomic E-state index is 0.238. The first kappa shape index (κ1) is 13.9. The zero-order valence-electron chi connectivity index (χ0n) is 12.0. The van der Waals surface area contributed by atoms with E-state index >= 15 is 0 Å². The molecule has 0 fully saturated rings. The third kappa shape index (κ3) is 2.58. The molecule has 0 spiro atoms. The van der Waals surface area contributed by atoms with Crippen LogP contribution in [0.15, 0.2) is 40.1 Å². The quantitative estimate of drug-likeness (QED) is 0.801. The van der Waals surface area contributed by atoms with Crippen molar-refractivity contribution in [2.24, 2.45) is 0 Å². The number of fused-ring (bicyclic) bond motifs is 1. The molecule has 0 aliphatic carbocycles. The van der Waals surface area contributed by atoms with Crippen LogP contribution in [0.1, 0.15) is 11.4 Å². The van der Waals surface area contributed by atoms with Gasteiger partial charge in [0.05, 0.1) is 0 Å². The molecule has 6 heteroatoms. The molecular weight excluding hydrogens is 287 g/mol. The Balaban J connectivity index is 2.13. The maximum absolute atomic E-state index is 13.0. The molecule has 0 saturated carbocycles. The van der Waals surface area contributed by atoms with Gasteiger partial charge in [0, 0.05) is 23.3 Å². The molecule has 1 N–H and O–H groups in total. The number of nitrogens with zero attached hydrogens (tertiary/aromatic N) is 3. The Morgan fingerprint density at radius 2 is 1.90 bits per heavy atom. The highest BCUT2D eigenvalue weighted by Crippen LogP contribution is 2.36. The molecule has 0 amide bonds. The average molecular weight is 302 g/mol. The van der Waals surface area contributed by atoms with Crippen molar-refractivity contribution >= 4 is 23.2 Å². The number of aryl methyl sites for hydroxylation is 2. The molecule has 0 radical (unpaired) electrons. The molecule has 2 aromatic heterocycles. The number of hydrogen-bond acceptors (Lipinski definition) is 4. The van der Waals surface area contributed by atoms with Crippen LogP contribution >= 0.6 is 11.8 Å². The van der Waals surface area contributed by atoms with Gasteiger partial charge in [0.1, 0.15) is 10.7 Å². The fourth-order valence-electron chi connectivity index (χ4n) is 2.18. The zero-order valence-corrected chi connectivity index (χ0v) is 12.8. The Bertz CT molecular complexity index is 796. The van der Waals surface area contributed by atoms with Gasteiger partial charge in [-0.3, -0.25) is 0 Å². The van der Waals surface area contributed by atoms with Gasteiger partial charge in [0.2, 0.25) is 0 Å². The summed E-state index contributed by atoms with van der Waals surface area (Å²) in [4.78, 5) is 6.47. The van der Waals surface area contributed by atoms with Gasteiger partial charge in [0.15, 0.2) is 11.5 Å². The standard InChI is InChI=1S/C15H15FN4S/c1-9-8-10(2)20-15(18-9)13(14(17-3)19-20)21-12-6-4-11(16)5-7-12/h4-8H,1-3H3,(H,17,19). The normalized spacial score (nSPS) is 11.0. The summed E-state index contributed by atoms with van der Waals surface area (Å²) in [5, 5.41) is 7.63. The Morgan fingerprint density at radius 3 is 2.57 bits per heavy atom. The summed E-state index contributed by atoms with van der Waals surface area (Å²) in [5.74, 6) is 0.531. The fraction of sp³-hybridized carbons (Fsp3) is 0.200. The van der Waals surface area contributed by atoms with E-state index in [4.69, 9.17) is 0 Å². The van der Waals surface area contributed by atoms with Crippen LogP contribution in [0, 0.1) is 19.7 Å². The van der Waals surface area contributed by atoms with Crippen LogP contribution in [0.25, 0.3) is 5.65 Å². The van der Waals surface area contributed by atoms with E-state index in [1.54, 1.807) is 12.1 Å². The highest BCUT2D eigenvalue weighted by atomic mass is 32.2. The number of benzene rings is 1. The van der Waals surface area contributed by atoms with Crippen molar-refractivity contribution in [3.05, 3.63) is 47.5 Å². The Hall–Kier alpha value is -2.08. The van der Waals surface area contributed by atoms with E-state index in [1.165, 1.54) is 23.9 Å². The van der Waals surface area contributed by atoms with Crippen molar-refractivity contribution in [2.75, 3.05) is 12.4 Å². The van der Waals surface area contributed by atoms with Gasteiger partial charge in [-0.25, -0.2) is 13.9 Å². The molecule has 0 unspecified atom stereocenters. The molecular formula is C15H15FN4S. The van der Waals surface area contributed by atoms with E-state index < -0.39 is 0 Å². The molecule has 4 nitrogen and oxygen atoms in total. The first-order valence-electron chi connectivity index (χ1n) is 6.56. The molecule has 0 saturated heterocycles. The summed E-state index contributed by atoms with van der Waals surface area (Å²) in [6.45, 7) is 3.96. The molecule has 0 aliphatic heterocycles. The largest absolute Gasteiger partial charge is 0.371 e. The lowest BCUT2D eigenvalue weighted by Gasteiger charge is -2.03. The molecule has 1 aromatic carbocycles. The number of anilines is 1. The van der Waals surface area contributed by atoms with E-state index in [-0.39, 0.29) is 5.82 Å². The molecule has 0 aliphatic rings. The first-order chi connectivity index (χ1) is 10.1. The maximum atomic E-state index is 13.0. The fourth-order valence-corrected chi connectivity index (χ4v) is 3.15. The monoisotopic (exact) mass is 302 g/mol. The Kier molecular flexibility index (Phi) is 3.55. The smallest absolute Gasteiger partial charge is 0.171 e. The van der Waals surface area contributed by atoms with Crippen LogP contribution in [0.4, 0.5) is 10.2 Å². The van der Waals surface area contributed by atoms with Crippen LogP contribution in [0.5, 0.6) is 0 Å². The van der Waals surface area contributed by atoms with Gasteiger partial charge in [-0.05, 0) is 44.2 Å². The number of halogens is 1. The second-order valence-corrected chi connectivity index (χ2v) is 5.84. The molecule has 0 bridgehead atoms. The van der Waals surface area contributed by atoms with Gasteiger partial charge < -0.3 is 5.32 Å². The maximum Gasteiger partial charge on any atom is 0.171 e. The summed E-state index contributed by atoms with van der Waals surface area (Å²) in [6.07, 6.45) is 0. The van der Waals surface area contributed by atoms with Crippen LogP contribution < -0.4 is 5.32 Å². The minimum atomic E-state index is -0.238. The minimum Gasteiger partial charge on any atom is -0.371 e. The van der Waals surface area contributed by atoms with Gasteiger partial charge in [-0.1, -0.05) is 11.8 Å². The predicted molar refractivity (Wildman–Crippen MR) is 82.5 cm³/mol. The summed E-state index contributed by atoms with van der Waals surface area (Å²) in [5.41, 5.74) is 2.79.